The lowest BCUT2D eigenvalue weighted by atomic mass is 9.92. The fourth-order valence-corrected chi connectivity index (χ4v) is 3.16. The number of pyridine rings is 1. The van der Waals surface area contributed by atoms with Gasteiger partial charge in [0.15, 0.2) is 0 Å². The summed E-state index contributed by atoms with van der Waals surface area (Å²) in [4.78, 5) is 18.1. The second-order valence-corrected chi connectivity index (χ2v) is 6.50. The number of aromatic hydroxyl groups is 1. The molecule has 1 aliphatic heterocycles. The largest absolute Gasteiger partial charge is 0.505 e. The molecule has 24 heavy (non-hydrogen) atoms. The molecule has 0 radical (unpaired) electrons. The Morgan fingerprint density at radius 1 is 1.38 bits per heavy atom. The molecule has 0 aromatic carbocycles. The van der Waals surface area contributed by atoms with Crippen LogP contribution >= 0.6 is 0 Å². The molecule has 3 rings (SSSR count). The van der Waals surface area contributed by atoms with E-state index in [9.17, 15) is 15.0 Å². The van der Waals surface area contributed by atoms with Gasteiger partial charge in [0.1, 0.15) is 5.75 Å². The number of aliphatic hydroxyl groups excluding tert-OH is 1. The molecule has 7 heteroatoms. The molecule has 7 nitrogen and oxygen atoms in total. The molecule has 2 N–H and O–H groups in total. The Labute approximate surface area is 140 Å². The van der Waals surface area contributed by atoms with E-state index in [1.54, 1.807) is 4.90 Å². The highest BCUT2D eigenvalue weighted by Gasteiger charge is 2.37. The first-order valence-corrected chi connectivity index (χ1v) is 8.08. The Kier molecular flexibility index (Phi) is 4.53. The first-order chi connectivity index (χ1) is 11.5. The Hall–Kier alpha value is -2.41. The van der Waals surface area contributed by atoms with Crippen LogP contribution in [0.15, 0.2) is 30.9 Å². The minimum absolute atomic E-state index is 0.00360. The van der Waals surface area contributed by atoms with E-state index in [1.807, 2.05) is 17.1 Å². The van der Waals surface area contributed by atoms with E-state index in [4.69, 9.17) is 0 Å². The fraction of sp³-hybridized carbons (Fsp3) is 0.471. The van der Waals surface area contributed by atoms with Crippen molar-refractivity contribution in [2.75, 3.05) is 19.7 Å². The first kappa shape index (κ1) is 16.4. The molecule has 2 aromatic rings. The summed E-state index contributed by atoms with van der Waals surface area (Å²) in [7, 11) is 0. The molecule has 3 heterocycles. The van der Waals surface area contributed by atoms with Gasteiger partial charge >= 0.3 is 0 Å². The Bertz CT molecular complexity index is 728. The number of nitrogens with zero attached hydrogens (tertiary/aromatic N) is 4. The van der Waals surface area contributed by atoms with E-state index in [0.717, 1.165) is 5.56 Å². The maximum absolute atomic E-state index is 12.7. The van der Waals surface area contributed by atoms with Gasteiger partial charge in [-0.1, -0.05) is 0 Å². The van der Waals surface area contributed by atoms with Gasteiger partial charge in [-0.2, -0.15) is 5.10 Å². The number of amides is 1. The maximum atomic E-state index is 12.7. The lowest BCUT2D eigenvalue weighted by Gasteiger charge is -2.16. The van der Waals surface area contributed by atoms with Gasteiger partial charge < -0.3 is 15.1 Å². The molecular weight excluding hydrogens is 308 g/mol. The normalized spacial score (nSPS) is 20.8. The number of carbonyl (C=O) groups is 1. The van der Waals surface area contributed by atoms with E-state index in [-0.39, 0.29) is 41.7 Å². The predicted octanol–water partition coefficient (Wildman–Crippen LogP) is 1.41. The lowest BCUT2D eigenvalue weighted by Crippen LogP contribution is -2.29. The summed E-state index contributed by atoms with van der Waals surface area (Å²) in [5, 5.41) is 23.9. The monoisotopic (exact) mass is 330 g/mol. The van der Waals surface area contributed by atoms with Crippen LogP contribution in [0, 0.1) is 5.92 Å². The summed E-state index contributed by atoms with van der Waals surface area (Å²) < 4.78 is 1.88. The molecule has 1 saturated heterocycles. The Balaban J connectivity index is 1.81. The van der Waals surface area contributed by atoms with E-state index in [0.29, 0.717) is 13.1 Å². The topological polar surface area (TPSA) is 91.5 Å². The van der Waals surface area contributed by atoms with Crippen LogP contribution in [0.25, 0.3) is 0 Å². The molecule has 0 bridgehead atoms. The molecule has 0 saturated carbocycles. The molecule has 0 aliphatic carbocycles. The van der Waals surface area contributed by atoms with Gasteiger partial charge in [0.25, 0.3) is 5.91 Å². The summed E-state index contributed by atoms with van der Waals surface area (Å²) in [6.07, 6.45) is 6.54. The van der Waals surface area contributed by atoms with Crippen molar-refractivity contribution in [3.05, 3.63) is 42.0 Å². The second kappa shape index (κ2) is 6.60. The molecule has 1 fully saturated rings. The minimum atomic E-state index is -0.243. The number of hydrogen-bond acceptors (Lipinski definition) is 5. The number of likely N-dealkylation sites (tertiary alicyclic amines) is 1. The number of aromatic nitrogens is 3. The zero-order chi connectivity index (χ0) is 17.3. The highest BCUT2D eigenvalue weighted by Crippen LogP contribution is 2.34. The fourth-order valence-electron chi connectivity index (χ4n) is 3.16. The maximum Gasteiger partial charge on any atom is 0.257 e. The van der Waals surface area contributed by atoms with E-state index >= 15 is 0 Å². The van der Waals surface area contributed by atoms with Crippen molar-refractivity contribution in [2.45, 2.75) is 25.8 Å². The third-order valence-electron chi connectivity index (χ3n) is 4.57. The quantitative estimate of drug-likeness (QED) is 0.884. The average Bonchev–Trinajstić information content (AvgIpc) is 3.21. The van der Waals surface area contributed by atoms with Crippen LogP contribution in [0.3, 0.4) is 0 Å². The Morgan fingerprint density at radius 2 is 2.17 bits per heavy atom. The molecule has 0 unspecified atom stereocenters. The summed E-state index contributed by atoms with van der Waals surface area (Å²) in [5.74, 6) is -0.371. The molecule has 1 amide bonds. The summed E-state index contributed by atoms with van der Waals surface area (Å²) in [5.41, 5.74) is 1.26. The summed E-state index contributed by atoms with van der Waals surface area (Å²) >= 11 is 0. The van der Waals surface area contributed by atoms with Crippen molar-refractivity contribution in [2.24, 2.45) is 5.92 Å². The standard InChI is InChI=1S/C17H22N4O3/c1-11(2)21-8-12(5-19-21)15-9-20(7-13(15)10-22)17(24)14-3-4-18-6-16(14)23/h3-6,8,11,13,15,22-23H,7,9-10H2,1-2H3/t13-,15-/m0/s1. The van der Waals surface area contributed by atoms with Gasteiger partial charge in [-0.3, -0.25) is 14.5 Å². The van der Waals surface area contributed by atoms with Crippen LogP contribution in [-0.4, -0.2) is 55.5 Å². The molecule has 1 aliphatic rings. The van der Waals surface area contributed by atoms with Crippen molar-refractivity contribution < 1.29 is 15.0 Å². The number of aliphatic hydroxyl groups is 1. The second-order valence-electron chi connectivity index (χ2n) is 6.50. The third-order valence-corrected chi connectivity index (χ3v) is 4.57. The van der Waals surface area contributed by atoms with Crippen molar-refractivity contribution in [3.63, 3.8) is 0 Å². The van der Waals surface area contributed by atoms with Gasteiger partial charge in [-0.15, -0.1) is 0 Å². The molecular formula is C17H22N4O3. The SMILES string of the molecule is CC(C)n1cc([C@@H]2CN(C(=O)c3ccncc3O)C[C@H]2CO)cn1. The van der Waals surface area contributed by atoms with Crippen LogP contribution < -0.4 is 0 Å². The zero-order valence-electron chi connectivity index (χ0n) is 13.8. The van der Waals surface area contributed by atoms with Crippen molar-refractivity contribution in [1.29, 1.82) is 0 Å². The molecule has 2 atom stereocenters. The van der Waals surface area contributed by atoms with Gasteiger partial charge in [0, 0.05) is 50.0 Å². The van der Waals surface area contributed by atoms with Gasteiger partial charge in [-0.05, 0) is 25.5 Å². The van der Waals surface area contributed by atoms with Crippen LogP contribution in [0.4, 0.5) is 0 Å². The minimum Gasteiger partial charge on any atom is -0.505 e. The van der Waals surface area contributed by atoms with Gasteiger partial charge in [0.05, 0.1) is 18.0 Å². The van der Waals surface area contributed by atoms with Crippen molar-refractivity contribution in [3.8, 4) is 5.75 Å². The Morgan fingerprint density at radius 3 is 2.79 bits per heavy atom. The molecule has 2 aromatic heterocycles. The van der Waals surface area contributed by atoms with Crippen LogP contribution in [0.5, 0.6) is 5.75 Å². The van der Waals surface area contributed by atoms with E-state index in [1.165, 1.54) is 18.5 Å². The molecule has 0 spiro atoms. The van der Waals surface area contributed by atoms with E-state index in [2.05, 4.69) is 23.9 Å². The van der Waals surface area contributed by atoms with E-state index < -0.39 is 0 Å². The molecule has 128 valence electrons. The smallest absolute Gasteiger partial charge is 0.257 e. The van der Waals surface area contributed by atoms with Crippen LogP contribution in [-0.2, 0) is 0 Å². The highest BCUT2D eigenvalue weighted by molar-refractivity contribution is 5.96. The number of hydrogen-bond donors (Lipinski definition) is 2. The van der Waals surface area contributed by atoms with Crippen LogP contribution in [0.2, 0.25) is 0 Å². The number of carbonyl (C=O) groups excluding carboxylic acids is 1. The average molecular weight is 330 g/mol. The summed E-state index contributed by atoms with van der Waals surface area (Å²) in [6, 6.07) is 1.77. The third kappa shape index (κ3) is 2.99. The van der Waals surface area contributed by atoms with Crippen LogP contribution in [0.1, 0.15) is 41.7 Å². The highest BCUT2D eigenvalue weighted by atomic mass is 16.3. The predicted molar refractivity (Wildman–Crippen MR) is 87.7 cm³/mol. The number of rotatable bonds is 4. The lowest BCUT2D eigenvalue weighted by molar-refractivity contribution is 0.0778. The van der Waals surface area contributed by atoms with Crippen molar-refractivity contribution >= 4 is 5.91 Å². The van der Waals surface area contributed by atoms with Crippen molar-refractivity contribution in [1.82, 2.24) is 19.7 Å². The zero-order valence-corrected chi connectivity index (χ0v) is 13.8. The first-order valence-electron chi connectivity index (χ1n) is 8.08. The van der Waals surface area contributed by atoms with Gasteiger partial charge in [0.2, 0.25) is 0 Å². The summed E-state index contributed by atoms with van der Waals surface area (Å²) in [6.45, 7) is 5.06. The van der Waals surface area contributed by atoms with Gasteiger partial charge in [-0.25, -0.2) is 0 Å².